The Labute approximate surface area is 180 Å². The van der Waals surface area contributed by atoms with E-state index in [9.17, 15) is 5.11 Å². The molecule has 1 rings (SSSR count). The van der Waals surface area contributed by atoms with Gasteiger partial charge in [-0.25, -0.2) is 0 Å². The van der Waals surface area contributed by atoms with Gasteiger partial charge in [0, 0.05) is 6.10 Å². The monoisotopic (exact) mass is 424 g/mol. The van der Waals surface area contributed by atoms with Crippen LogP contribution in [-0.2, 0) is 15.8 Å². The van der Waals surface area contributed by atoms with Crippen LogP contribution in [0, 0.1) is 0 Å². The van der Waals surface area contributed by atoms with E-state index in [2.05, 4.69) is 40.8 Å². The van der Waals surface area contributed by atoms with Crippen molar-refractivity contribution >= 4 is 8.32 Å². The molecule has 0 aliphatic carbocycles. The van der Waals surface area contributed by atoms with Gasteiger partial charge < -0.3 is 19.0 Å². The summed E-state index contributed by atoms with van der Waals surface area (Å²) in [4.78, 5) is 0. The lowest BCUT2D eigenvalue weighted by atomic mass is 10.1. The minimum atomic E-state index is -1.65. The summed E-state index contributed by atoms with van der Waals surface area (Å²) >= 11 is 0. The molecule has 4 nitrogen and oxygen atoms in total. The second-order valence-electron chi connectivity index (χ2n) is 9.70. The molecule has 0 spiro atoms. The summed E-state index contributed by atoms with van der Waals surface area (Å²) in [7, 11) is 0.00446. The van der Waals surface area contributed by atoms with Crippen LogP contribution in [-0.4, -0.2) is 39.3 Å². The zero-order valence-corrected chi connectivity index (χ0v) is 20.8. The Morgan fingerprint density at radius 1 is 0.966 bits per heavy atom. The first-order chi connectivity index (χ1) is 13.5. The SMILES string of the molecule is COc1ccc(COC[C@@H](O)CCCCCC[C@@H](C)O[Si](C)(C)C(C)(C)C)cc1. The Morgan fingerprint density at radius 2 is 1.55 bits per heavy atom. The number of aliphatic hydroxyl groups excluding tert-OH is 1. The molecule has 0 amide bonds. The van der Waals surface area contributed by atoms with Crippen molar-refractivity contribution in [2.24, 2.45) is 0 Å². The third-order valence-corrected chi connectivity index (χ3v) is 10.5. The van der Waals surface area contributed by atoms with Gasteiger partial charge in [-0.1, -0.05) is 58.6 Å². The van der Waals surface area contributed by atoms with Crippen LogP contribution in [0.3, 0.4) is 0 Å². The van der Waals surface area contributed by atoms with Crippen LogP contribution in [0.1, 0.15) is 71.8 Å². The van der Waals surface area contributed by atoms with E-state index in [1.165, 1.54) is 12.8 Å². The van der Waals surface area contributed by atoms with Crippen molar-refractivity contribution < 1.29 is 19.0 Å². The largest absolute Gasteiger partial charge is 0.497 e. The maximum absolute atomic E-state index is 10.1. The first-order valence-corrected chi connectivity index (χ1v) is 14.0. The second-order valence-corrected chi connectivity index (χ2v) is 14.5. The van der Waals surface area contributed by atoms with Crippen molar-refractivity contribution in [3.05, 3.63) is 29.8 Å². The van der Waals surface area contributed by atoms with E-state index in [0.717, 1.165) is 37.0 Å². The predicted molar refractivity (Wildman–Crippen MR) is 124 cm³/mol. The highest BCUT2D eigenvalue weighted by atomic mass is 28.4. The molecule has 0 saturated carbocycles. The van der Waals surface area contributed by atoms with E-state index >= 15 is 0 Å². The maximum atomic E-state index is 10.1. The van der Waals surface area contributed by atoms with Gasteiger partial charge in [0.1, 0.15) is 5.75 Å². The van der Waals surface area contributed by atoms with Crippen LogP contribution >= 0.6 is 0 Å². The summed E-state index contributed by atoms with van der Waals surface area (Å²) in [6.07, 6.45) is 6.48. The standard InChI is InChI=1S/C24H44O4Si/c1-20(28-29(6,7)24(2,3)4)12-10-8-9-11-13-22(25)19-27-18-21-14-16-23(26-5)17-15-21/h14-17,20,22,25H,8-13,18-19H2,1-7H3/t20-,22+/m1/s1. The van der Waals surface area contributed by atoms with Gasteiger partial charge in [-0.05, 0) is 55.6 Å². The van der Waals surface area contributed by atoms with Gasteiger partial charge in [0.15, 0.2) is 8.32 Å². The number of rotatable bonds is 14. The quantitative estimate of drug-likeness (QED) is 0.280. The lowest BCUT2D eigenvalue weighted by molar-refractivity contribution is 0.0233. The number of benzene rings is 1. The molecule has 168 valence electrons. The highest BCUT2D eigenvalue weighted by molar-refractivity contribution is 6.74. The zero-order chi connectivity index (χ0) is 21.9. The Bertz CT molecular complexity index is 551. The van der Waals surface area contributed by atoms with Gasteiger partial charge in [-0.15, -0.1) is 0 Å². The van der Waals surface area contributed by atoms with Crippen molar-refractivity contribution in [1.82, 2.24) is 0 Å². The fourth-order valence-electron chi connectivity index (χ4n) is 3.02. The van der Waals surface area contributed by atoms with E-state index in [1.807, 2.05) is 24.3 Å². The number of ether oxygens (including phenoxy) is 2. The van der Waals surface area contributed by atoms with E-state index in [0.29, 0.717) is 19.3 Å². The summed E-state index contributed by atoms with van der Waals surface area (Å²) in [5.74, 6) is 0.842. The van der Waals surface area contributed by atoms with Crippen LogP contribution in [0.15, 0.2) is 24.3 Å². The molecule has 0 aromatic heterocycles. The third-order valence-electron chi connectivity index (χ3n) is 5.94. The molecule has 5 heteroatoms. The molecule has 0 heterocycles. The van der Waals surface area contributed by atoms with Gasteiger partial charge >= 0.3 is 0 Å². The Kier molecular flexibility index (Phi) is 11.5. The lowest BCUT2D eigenvalue weighted by Crippen LogP contribution is -2.43. The van der Waals surface area contributed by atoms with Gasteiger partial charge in [0.25, 0.3) is 0 Å². The second kappa shape index (κ2) is 12.7. The molecule has 0 fully saturated rings. The first kappa shape index (κ1) is 26.2. The van der Waals surface area contributed by atoms with Gasteiger partial charge in [0.05, 0.1) is 26.4 Å². The molecule has 1 aromatic carbocycles. The Balaban J connectivity index is 2.06. The van der Waals surface area contributed by atoms with Crippen molar-refractivity contribution in [3.63, 3.8) is 0 Å². The third kappa shape index (κ3) is 10.6. The average molecular weight is 425 g/mol. The predicted octanol–water partition coefficient (Wildman–Crippen LogP) is 6.32. The van der Waals surface area contributed by atoms with E-state index in [4.69, 9.17) is 13.9 Å². The van der Waals surface area contributed by atoms with Gasteiger partial charge in [-0.3, -0.25) is 0 Å². The molecule has 1 N–H and O–H groups in total. The summed E-state index contributed by atoms with van der Waals surface area (Å²) in [5, 5.41) is 10.4. The highest BCUT2D eigenvalue weighted by Gasteiger charge is 2.38. The molecule has 0 radical (unpaired) electrons. The molecule has 1 aromatic rings. The fraction of sp³-hybridized carbons (Fsp3) is 0.750. The van der Waals surface area contributed by atoms with Crippen molar-refractivity contribution in [3.8, 4) is 5.75 Å². The number of methoxy groups -OCH3 is 1. The van der Waals surface area contributed by atoms with Crippen LogP contribution in [0.4, 0.5) is 0 Å². The summed E-state index contributed by atoms with van der Waals surface area (Å²) in [5.41, 5.74) is 1.09. The van der Waals surface area contributed by atoms with Gasteiger partial charge in [-0.2, -0.15) is 0 Å². The number of aliphatic hydroxyl groups is 1. The minimum absolute atomic E-state index is 0.271. The molecular weight excluding hydrogens is 380 g/mol. The van der Waals surface area contributed by atoms with Crippen molar-refractivity contribution in [1.29, 1.82) is 0 Å². The van der Waals surface area contributed by atoms with Crippen LogP contribution in [0.2, 0.25) is 18.1 Å². The van der Waals surface area contributed by atoms with E-state index in [1.54, 1.807) is 7.11 Å². The molecule has 0 saturated heterocycles. The topological polar surface area (TPSA) is 47.9 Å². The van der Waals surface area contributed by atoms with Crippen molar-refractivity contribution in [2.45, 2.75) is 103 Å². The first-order valence-electron chi connectivity index (χ1n) is 11.1. The molecule has 0 unspecified atom stereocenters. The van der Waals surface area contributed by atoms with E-state index in [-0.39, 0.29) is 11.1 Å². The van der Waals surface area contributed by atoms with E-state index < -0.39 is 8.32 Å². The van der Waals surface area contributed by atoms with Crippen LogP contribution in [0.25, 0.3) is 0 Å². The summed E-state index contributed by atoms with van der Waals surface area (Å²) < 4.78 is 17.2. The smallest absolute Gasteiger partial charge is 0.192 e. The number of hydrogen-bond donors (Lipinski definition) is 1. The van der Waals surface area contributed by atoms with Crippen LogP contribution < -0.4 is 4.74 Å². The summed E-state index contributed by atoms with van der Waals surface area (Å²) in [6, 6.07) is 7.82. The highest BCUT2D eigenvalue weighted by Crippen LogP contribution is 2.37. The molecule has 0 aliphatic heterocycles. The molecule has 2 atom stereocenters. The molecule has 0 aliphatic rings. The van der Waals surface area contributed by atoms with Crippen LogP contribution in [0.5, 0.6) is 5.75 Å². The lowest BCUT2D eigenvalue weighted by Gasteiger charge is -2.38. The fourth-order valence-corrected chi connectivity index (χ4v) is 4.50. The maximum Gasteiger partial charge on any atom is 0.192 e. The molecule has 0 bridgehead atoms. The molecule has 29 heavy (non-hydrogen) atoms. The zero-order valence-electron chi connectivity index (χ0n) is 19.8. The number of unbranched alkanes of at least 4 members (excludes halogenated alkanes) is 3. The average Bonchev–Trinajstić information content (AvgIpc) is 2.63. The molecular formula is C24H44O4Si. The van der Waals surface area contributed by atoms with Gasteiger partial charge in [0.2, 0.25) is 0 Å². The summed E-state index contributed by atoms with van der Waals surface area (Å²) in [6.45, 7) is 14.6. The Morgan fingerprint density at radius 3 is 2.10 bits per heavy atom. The van der Waals surface area contributed by atoms with Crippen molar-refractivity contribution in [2.75, 3.05) is 13.7 Å². The normalized spacial score (nSPS) is 14.6. The minimum Gasteiger partial charge on any atom is -0.497 e. The number of hydrogen-bond acceptors (Lipinski definition) is 4. The Hall–Kier alpha value is -0.883.